The van der Waals surface area contributed by atoms with Crippen LogP contribution in [0.15, 0.2) is 57.9 Å². The molecule has 2 rings (SSSR count). The van der Waals surface area contributed by atoms with Crippen molar-refractivity contribution in [2.45, 2.75) is 4.90 Å². The predicted molar refractivity (Wildman–Crippen MR) is 83.8 cm³/mol. The third kappa shape index (κ3) is 4.28. The van der Waals surface area contributed by atoms with Crippen molar-refractivity contribution in [3.05, 3.63) is 58.6 Å². The highest BCUT2D eigenvalue weighted by molar-refractivity contribution is 9.10. The lowest BCUT2D eigenvalue weighted by Crippen LogP contribution is -2.02. The summed E-state index contributed by atoms with van der Waals surface area (Å²) < 4.78 is 6.45. The summed E-state index contributed by atoms with van der Waals surface area (Å²) in [6, 6.07) is 14.7. The Labute approximate surface area is 130 Å². The van der Waals surface area contributed by atoms with Crippen LogP contribution in [0, 0.1) is 0 Å². The molecular formula is C15H13BrO3S. The van der Waals surface area contributed by atoms with Gasteiger partial charge in [0.05, 0.1) is 12.2 Å². The Morgan fingerprint density at radius 2 is 1.95 bits per heavy atom. The highest BCUT2D eigenvalue weighted by atomic mass is 79.9. The molecule has 0 bridgehead atoms. The average Bonchev–Trinajstić information content (AvgIpc) is 2.44. The van der Waals surface area contributed by atoms with Crippen molar-refractivity contribution in [1.29, 1.82) is 0 Å². The molecule has 5 heteroatoms. The van der Waals surface area contributed by atoms with E-state index in [0.29, 0.717) is 17.9 Å². The van der Waals surface area contributed by atoms with Crippen LogP contribution in [0.1, 0.15) is 10.4 Å². The fraction of sp³-hybridized carbons (Fsp3) is 0.133. The second kappa shape index (κ2) is 7.36. The van der Waals surface area contributed by atoms with Crippen LogP contribution in [0.3, 0.4) is 0 Å². The molecule has 3 nitrogen and oxygen atoms in total. The predicted octanol–water partition coefficient (Wildman–Crippen LogP) is 4.32. The summed E-state index contributed by atoms with van der Waals surface area (Å²) in [5.41, 5.74) is 0.318. The van der Waals surface area contributed by atoms with Crippen LogP contribution < -0.4 is 4.74 Å². The van der Waals surface area contributed by atoms with Crippen LogP contribution >= 0.6 is 27.7 Å². The number of rotatable bonds is 6. The van der Waals surface area contributed by atoms with Gasteiger partial charge in [0.2, 0.25) is 0 Å². The van der Waals surface area contributed by atoms with Gasteiger partial charge in [0.25, 0.3) is 0 Å². The van der Waals surface area contributed by atoms with E-state index in [1.54, 1.807) is 12.1 Å². The normalized spacial score (nSPS) is 10.2. The fourth-order valence-corrected chi connectivity index (χ4v) is 3.04. The Morgan fingerprint density at radius 3 is 2.65 bits per heavy atom. The smallest absolute Gasteiger partial charge is 0.336 e. The zero-order chi connectivity index (χ0) is 14.4. The van der Waals surface area contributed by atoms with Gasteiger partial charge in [-0.15, -0.1) is 11.8 Å². The highest BCUT2D eigenvalue weighted by Crippen LogP contribution is 2.26. The number of para-hydroxylation sites is 1. The minimum absolute atomic E-state index is 0.318. The average molecular weight is 353 g/mol. The van der Waals surface area contributed by atoms with Crippen LogP contribution in [0.2, 0.25) is 0 Å². The van der Waals surface area contributed by atoms with Crippen molar-refractivity contribution < 1.29 is 14.6 Å². The van der Waals surface area contributed by atoms with Gasteiger partial charge in [0.1, 0.15) is 5.75 Å². The molecular weight excluding hydrogens is 340 g/mol. The zero-order valence-electron chi connectivity index (χ0n) is 10.6. The third-order valence-electron chi connectivity index (χ3n) is 2.53. The molecule has 0 aliphatic rings. The first-order valence-corrected chi connectivity index (χ1v) is 7.78. The molecule has 2 aromatic carbocycles. The Balaban J connectivity index is 1.91. The van der Waals surface area contributed by atoms with E-state index in [4.69, 9.17) is 9.84 Å². The van der Waals surface area contributed by atoms with Gasteiger partial charge in [0.15, 0.2) is 0 Å². The van der Waals surface area contributed by atoms with E-state index >= 15 is 0 Å². The maximum absolute atomic E-state index is 11.1. The van der Waals surface area contributed by atoms with Crippen LogP contribution in [0.5, 0.6) is 5.75 Å². The molecule has 0 aliphatic carbocycles. The molecule has 0 heterocycles. The summed E-state index contributed by atoms with van der Waals surface area (Å²) in [5, 5.41) is 9.13. The first-order valence-electron chi connectivity index (χ1n) is 6.00. The number of ether oxygens (including phenoxy) is 1. The van der Waals surface area contributed by atoms with E-state index in [9.17, 15) is 4.79 Å². The number of carbonyl (C=O) groups is 1. The Hall–Kier alpha value is -1.46. The van der Waals surface area contributed by atoms with Gasteiger partial charge < -0.3 is 9.84 Å². The summed E-state index contributed by atoms with van der Waals surface area (Å²) in [7, 11) is 0. The van der Waals surface area contributed by atoms with Gasteiger partial charge in [-0.1, -0.05) is 34.1 Å². The summed E-state index contributed by atoms with van der Waals surface area (Å²) in [5.74, 6) is 0.593. The monoisotopic (exact) mass is 352 g/mol. The second-order valence-electron chi connectivity index (χ2n) is 3.96. The summed E-state index contributed by atoms with van der Waals surface area (Å²) in [4.78, 5) is 11.9. The lowest BCUT2D eigenvalue weighted by Gasteiger charge is -2.08. The molecule has 0 aliphatic heterocycles. The molecule has 0 saturated carbocycles. The van der Waals surface area contributed by atoms with Crippen LogP contribution in [0.25, 0.3) is 0 Å². The first-order chi connectivity index (χ1) is 9.66. The summed E-state index contributed by atoms with van der Waals surface area (Å²) >= 11 is 4.83. The van der Waals surface area contributed by atoms with E-state index in [1.807, 2.05) is 36.4 Å². The SMILES string of the molecule is O=C(O)c1ccc(Br)cc1SCCOc1ccccc1. The number of carboxylic acid groups (broad SMARTS) is 1. The largest absolute Gasteiger partial charge is 0.493 e. The minimum atomic E-state index is -0.913. The number of halogens is 1. The molecule has 0 amide bonds. The molecule has 2 aromatic rings. The number of hydrogen-bond donors (Lipinski definition) is 1. The van der Waals surface area contributed by atoms with Crippen molar-refractivity contribution in [1.82, 2.24) is 0 Å². The molecule has 104 valence electrons. The molecule has 0 radical (unpaired) electrons. The number of benzene rings is 2. The van der Waals surface area contributed by atoms with E-state index in [2.05, 4.69) is 15.9 Å². The number of hydrogen-bond acceptors (Lipinski definition) is 3. The Morgan fingerprint density at radius 1 is 1.20 bits per heavy atom. The van der Waals surface area contributed by atoms with Crippen molar-refractivity contribution in [2.24, 2.45) is 0 Å². The van der Waals surface area contributed by atoms with Crippen molar-refractivity contribution in [3.63, 3.8) is 0 Å². The van der Waals surface area contributed by atoms with Gasteiger partial charge in [-0.2, -0.15) is 0 Å². The molecule has 0 unspecified atom stereocenters. The molecule has 0 aromatic heterocycles. The first kappa shape index (κ1) is 14.9. The zero-order valence-corrected chi connectivity index (χ0v) is 13.0. The second-order valence-corrected chi connectivity index (χ2v) is 6.01. The summed E-state index contributed by atoms with van der Waals surface area (Å²) in [6.07, 6.45) is 0. The van der Waals surface area contributed by atoms with Gasteiger partial charge in [-0.3, -0.25) is 0 Å². The van der Waals surface area contributed by atoms with Crippen LogP contribution in [-0.4, -0.2) is 23.4 Å². The number of thioether (sulfide) groups is 1. The van der Waals surface area contributed by atoms with Gasteiger partial charge in [0, 0.05) is 15.1 Å². The van der Waals surface area contributed by atoms with Gasteiger partial charge in [-0.05, 0) is 30.3 Å². The quantitative estimate of drug-likeness (QED) is 0.621. The van der Waals surface area contributed by atoms with Crippen molar-refractivity contribution in [2.75, 3.05) is 12.4 Å². The molecule has 0 fully saturated rings. The molecule has 1 N–H and O–H groups in total. The molecule has 0 spiro atoms. The molecule has 20 heavy (non-hydrogen) atoms. The van der Waals surface area contributed by atoms with E-state index in [0.717, 1.165) is 15.1 Å². The van der Waals surface area contributed by atoms with Crippen LogP contribution in [0.4, 0.5) is 0 Å². The van der Waals surface area contributed by atoms with Gasteiger partial charge in [-0.25, -0.2) is 4.79 Å². The van der Waals surface area contributed by atoms with E-state index in [-0.39, 0.29) is 0 Å². The summed E-state index contributed by atoms with van der Waals surface area (Å²) in [6.45, 7) is 0.528. The number of carboxylic acids is 1. The highest BCUT2D eigenvalue weighted by Gasteiger charge is 2.10. The molecule has 0 saturated heterocycles. The van der Waals surface area contributed by atoms with Gasteiger partial charge >= 0.3 is 5.97 Å². The lowest BCUT2D eigenvalue weighted by molar-refractivity contribution is 0.0693. The van der Waals surface area contributed by atoms with Crippen molar-refractivity contribution >= 4 is 33.7 Å². The van der Waals surface area contributed by atoms with Crippen LogP contribution in [-0.2, 0) is 0 Å². The van der Waals surface area contributed by atoms with E-state index < -0.39 is 5.97 Å². The lowest BCUT2D eigenvalue weighted by atomic mass is 10.2. The van der Waals surface area contributed by atoms with Crippen molar-refractivity contribution in [3.8, 4) is 5.75 Å². The standard InChI is InChI=1S/C15H13BrO3S/c16-11-6-7-13(15(17)18)14(10-11)20-9-8-19-12-4-2-1-3-5-12/h1-7,10H,8-9H2,(H,17,18). The van der Waals surface area contributed by atoms with E-state index in [1.165, 1.54) is 11.8 Å². The number of aromatic carboxylic acids is 1. The maximum atomic E-state index is 11.1. The topological polar surface area (TPSA) is 46.5 Å². The Bertz CT molecular complexity index is 587. The minimum Gasteiger partial charge on any atom is -0.493 e. The fourth-order valence-electron chi connectivity index (χ4n) is 1.62. The maximum Gasteiger partial charge on any atom is 0.336 e. The Kier molecular flexibility index (Phi) is 5.49. The molecule has 0 atom stereocenters. The third-order valence-corrected chi connectivity index (χ3v) is 4.04.